The number of amides is 1. The number of aromatic nitrogens is 1. The maximum atomic E-state index is 12.0. The van der Waals surface area contributed by atoms with Gasteiger partial charge in [-0.25, -0.2) is 4.98 Å². The van der Waals surface area contributed by atoms with Crippen LogP contribution >= 0.6 is 0 Å². The number of phenolic OH excluding ortho intramolecular Hbond substituents is 1. The van der Waals surface area contributed by atoms with Gasteiger partial charge in [-0.3, -0.25) is 4.79 Å². The normalized spacial score (nSPS) is 12.3. The van der Waals surface area contributed by atoms with Gasteiger partial charge in [0.2, 0.25) is 5.89 Å². The number of nitrogens with zero attached hydrogens (tertiary/aromatic N) is 1. The Morgan fingerprint density at radius 1 is 1.35 bits per heavy atom. The van der Waals surface area contributed by atoms with Gasteiger partial charge < -0.3 is 20.6 Å². The summed E-state index contributed by atoms with van der Waals surface area (Å²) < 4.78 is 5.30. The van der Waals surface area contributed by atoms with Gasteiger partial charge in [0, 0.05) is 6.54 Å². The molecule has 1 amide bonds. The predicted octanol–water partition coefficient (Wildman–Crippen LogP) is 2.40. The largest absolute Gasteiger partial charge is 0.508 e. The van der Waals surface area contributed by atoms with Crippen molar-refractivity contribution in [2.75, 3.05) is 6.54 Å². The highest BCUT2D eigenvalue weighted by Crippen LogP contribution is 2.18. The maximum Gasteiger partial charge on any atom is 0.273 e. The topological polar surface area (TPSA) is 101 Å². The number of nitrogens with two attached hydrogens (primary N) is 1. The summed E-state index contributed by atoms with van der Waals surface area (Å²) in [6.07, 6.45) is 2.76. The maximum absolute atomic E-state index is 12.0. The first-order valence-corrected chi connectivity index (χ1v) is 7.73. The zero-order valence-corrected chi connectivity index (χ0v) is 13.5. The van der Waals surface area contributed by atoms with E-state index >= 15 is 0 Å². The van der Waals surface area contributed by atoms with Crippen molar-refractivity contribution in [1.82, 2.24) is 10.3 Å². The average Bonchev–Trinajstić information content (AvgIpc) is 2.98. The number of carbonyl (C=O) groups excluding carboxylic acids is 1. The van der Waals surface area contributed by atoms with E-state index < -0.39 is 0 Å². The molecule has 0 fully saturated rings. The minimum Gasteiger partial charge on any atom is -0.508 e. The first-order valence-electron chi connectivity index (χ1n) is 7.73. The van der Waals surface area contributed by atoms with Gasteiger partial charge in [-0.2, -0.15) is 0 Å². The van der Waals surface area contributed by atoms with E-state index in [2.05, 4.69) is 24.1 Å². The molecule has 23 heavy (non-hydrogen) atoms. The van der Waals surface area contributed by atoms with Gasteiger partial charge in [0.1, 0.15) is 12.0 Å². The lowest BCUT2D eigenvalue weighted by atomic mass is 10.0. The molecular weight excluding hydrogens is 294 g/mol. The van der Waals surface area contributed by atoms with Gasteiger partial charge in [0.15, 0.2) is 5.69 Å². The van der Waals surface area contributed by atoms with E-state index in [9.17, 15) is 9.90 Å². The van der Waals surface area contributed by atoms with Crippen LogP contribution in [0.5, 0.6) is 5.75 Å². The first kappa shape index (κ1) is 17.0. The van der Waals surface area contributed by atoms with E-state index in [0.29, 0.717) is 24.8 Å². The second kappa shape index (κ2) is 7.78. The van der Waals surface area contributed by atoms with Crippen LogP contribution in [0.25, 0.3) is 0 Å². The Morgan fingerprint density at radius 3 is 2.70 bits per heavy atom. The SMILES string of the molecule is CC(C)CC(N)c1nc(C(=O)NCCc2ccc(O)cc2)co1. The van der Waals surface area contributed by atoms with Crippen molar-refractivity contribution in [3.63, 3.8) is 0 Å². The zero-order chi connectivity index (χ0) is 16.8. The Morgan fingerprint density at radius 2 is 2.04 bits per heavy atom. The zero-order valence-electron chi connectivity index (χ0n) is 13.5. The molecule has 1 atom stereocenters. The third-order valence-corrected chi connectivity index (χ3v) is 3.43. The molecule has 1 aromatic heterocycles. The Hall–Kier alpha value is -2.34. The molecular formula is C17H23N3O3. The molecule has 1 unspecified atom stereocenters. The van der Waals surface area contributed by atoms with Gasteiger partial charge in [-0.1, -0.05) is 26.0 Å². The number of hydrogen-bond acceptors (Lipinski definition) is 5. The summed E-state index contributed by atoms with van der Waals surface area (Å²) in [5.41, 5.74) is 7.26. The molecule has 1 heterocycles. The second-order valence-electron chi connectivity index (χ2n) is 5.98. The number of rotatable bonds is 7. The molecule has 124 valence electrons. The fourth-order valence-corrected chi connectivity index (χ4v) is 2.24. The van der Waals surface area contributed by atoms with Gasteiger partial charge >= 0.3 is 0 Å². The highest BCUT2D eigenvalue weighted by atomic mass is 16.3. The third-order valence-electron chi connectivity index (χ3n) is 3.43. The van der Waals surface area contributed by atoms with E-state index in [1.54, 1.807) is 12.1 Å². The monoisotopic (exact) mass is 317 g/mol. The summed E-state index contributed by atoms with van der Waals surface area (Å²) in [6, 6.07) is 6.59. The molecule has 0 aliphatic rings. The molecule has 0 aliphatic heterocycles. The van der Waals surface area contributed by atoms with Crippen molar-refractivity contribution in [3.05, 3.63) is 47.7 Å². The van der Waals surface area contributed by atoms with E-state index in [4.69, 9.17) is 10.2 Å². The number of phenols is 1. The molecule has 0 spiro atoms. The molecule has 0 aliphatic carbocycles. The quantitative estimate of drug-likeness (QED) is 0.728. The van der Waals surface area contributed by atoms with Gasteiger partial charge in [-0.05, 0) is 36.5 Å². The van der Waals surface area contributed by atoms with Crippen molar-refractivity contribution in [1.29, 1.82) is 0 Å². The molecule has 0 saturated heterocycles. The molecule has 2 rings (SSSR count). The average molecular weight is 317 g/mol. The van der Waals surface area contributed by atoms with Crippen LogP contribution in [-0.4, -0.2) is 22.5 Å². The summed E-state index contributed by atoms with van der Waals surface area (Å²) in [4.78, 5) is 16.2. The summed E-state index contributed by atoms with van der Waals surface area (Å²) in [7, 11) is 0. The van der Waals surface area contributed by atoms with Crippen LogP contribution in [0.3, 0.4) is 0 Å². The molecule has 0 radical (unpaired) electrons. The van der Waals surface area contributed by atoms with Crippen molar-refractivity contribution in [2.24, 2.45) is 11.7 Å². The van der Waals surface area contributed by atoms with Crippen molar-refractivity contribution in [2.45, 2.75) is 32.7 Å². The predicted molar refractivity (Wildman–Crippen MR) is 87.0 cm³/mol. The molecule has 2 aromatic rings. The highest BCUT2D eigenvalue weighted by molar-refractivity contribution is 5.91. The number of hydrogen-bond donors (Lipinski definition) is 3. The first-order chi connectivity index (χ1) is 11.0. The van der Waals surface area contributed by atoms with Crippen molar-refractivity contribution >= 4 is 5.91 Å². The molecule has 6 nitrogen and oxygen atoms in total. The number of benzene rings is 1. The summed E-state index contributed by atoms with van der Waals surface area (Å²) in [5, 5.41) is 12.0. The van der Waals surface area contributed by atoms with Crippen LogP contribution in [0.15, 0.2) is 34.9 Å². The lowest BCUT2D eigenvalue weighted by molar-refractivity contribution is 0.0949. The standard InChI is InChI=1S/C17H23N3O3/c1-11(2)9-14(18)17-20-15(10-23-17)16(22)19-8-7-12-3-5-13(21)6-4-12/h3-6,10-11,14,21H,7-9,18H2,1-2H3,(H,19,22). The van der Waals surface area contributed by atoms with Gasteiger partial charge in [0.05, 0.1) is 6.04 Å². The smallest absolute Gasteiger partial charge is 0.273 e. The van der Waals surface area contributed by atoms with Crippen LogP contribution < -0.4 is 11.1 Å². The van der Waals surface area contributed by atoms with E-state index in [-0.39, 0.29) is 23.4 Å². The lowest BCUT2D eigenvalue weighted by Crippen LogP contribution is -2.26. The van der Waals surface area contributed by atoms with Crippen LogP contribution in [0.2, 0.25) is 0 Å². The molecule has 0 bridgehead atoms. The summed E-state index contributed by atoms with van der Waals surface area (Å²) >= 11 is 0. The Balaban J connectivity index is 1.84. The molecule has 1 aromatic carbocycles. The summed E-state index contributed by atoms with van der Waals surface area (Å²) in [6.45, 7) is 4.61. The Bertz CT molecular complexity index is 635. The van der Waals surface area contributed by atoms with E-state index in [0.717, 1.165) is 12.0 Å². The minimum atomic E-state index is -0.298. The number of nitrogens with one attached hydrogen (secondary N) is 1. The van der Waals surface area contributed by atoms with Crippen LogP contribution in [0.4, 0.5) is 0 Å². The number of oxazole rings is 1. The van der Waals surface area contributed by atoms with Gasteiger partial charge in [-0.15, -0.1) is 0 Å². The van der Waals surface area contributed by atoms with Crippen LogP contribution in [0, 0.1) is 5.92 Å². The van der Waals surface area contributed by atoms with Gasteiger partial charge in [0.25, 0.3) is 5.91 Å². The lowest BCUT2D eigenvalue weighted by Gasteiger charge is -2.09. The number of carbonyl (C=O) groups is 1. The Labute approximate surface area is 135 Å². The molecule has 0 saturated carbocycles. The number of aromatic hydroxyl groups is 1. The minimum absolute atomic E-state index is 0.227. The third kappa shape index (κ3) is 5.10. The molecule has 6 heteroatoms. The fraction of sp³-hybridized carbons (Fsp3) is 0.412. The second-order valence-corrected chi connectivity index (χ2v) is 5.98. The van der Waals surface area contributed by atoms with Crippen molar-refractivity contribution < 1.29 is 14.3 Å². The summed E-state index contributed by atoms with van der Waals surface area (Å²) in [5.74, 6) is 0.767. The van der Waals surface area contributed by atoms with Crippen molar-refractivity contribution in [3.8, 4) is 5.75 Å². The Kier molecular flexibility index (Phi) is 5.76. The molecule has 4 N–H and O–H groups in total. The van der Waals surface area contributed by atoms with Crippen LogP contribution in [-0.2, 0) is 6.42 Å². The highest BCUT2D eigenvalue weighted by Gasteiger charge is 2.17. The fourth-order valence-electron chi connectivity index (χ4n) is 2.24. The van der Waals surface area contributed by atoms with E-state index in [1.807, 2.05) is 12.1 Å². The van der Waals surface area contributed by atoms with E-state index in [1.165, 1.54) is 6.26 Å². The van der Waals surface area contributed by atoms with Crippen LogP contribution in [0.1, 0.15) is 48.3 Å².